The molecule has 0 aromatic heterocycles. The van der Waals surface area contributed by atoms with E-state index in [9.17, 15) is 19.2 Å². The Bertz CT molecular complexity index is 583. The lowest BCUT2D eigenvalue weighted by molar-refractivity contribution is -0.132. The first-order chi connectivity index (χ1) is 8.43. The Labute approximate surface area is 99.5 Å². The van der Waals surface area contributed by atoms with Crippen molar-refractivity contribution in [3.8, 4) is 0 Å². The molecule has 2 heterocycles. The molecule has 0 saturated heterocycles. The van der Waals surface area contributed by atoms with Gasteiger partial charge >= 0.3 is 12.1 Å². The molecular formula is C10H6N2O6. The van der Waals surface area contributed by atoms with Crippen LogP contribution >= 0.6 is 0 Å². The monoisotopic (exact) mass is 250 g/mol. The molecule has 2 aliphatic rings. The molecule has 92 valence electrons. The molecule has 3 amide bonds. The van der Waals surface area contributed by atoms with Gasteiger partial charge in [-0.05, 0) is 6.08 Å². The lowest BCUT2D eigenvalue weighted by Gasteiger charge is -2.06. The van der Waals surface area contributed by atoms with E-state index in [-0.39, 0.29) is 10.5 Å². The second kappa shape index (κ2) is 3.84. The summed E-state index contributed by atoms with van der Waals surface area (Å²) >= 11 is 0. The van der Waals surface area contributed by atoms with Gasteiger partial charge in [0.1, 0.15) is 0 Å². The molecule has 2 aliphatic heterocycles. The van der Waals surface area contributed by atoms with Crippen molar-refractivity contribution in [3.05, 3.63) is 35.2 Å². The maximum Gasteiger partial charge on any atom is 0.418 e. The molecule has 0 spiro atoms. The highest BCUT2D eigenvalue weighted by Crippen LogP contribution is 2.27. The highest BCUT2D eigenvalue weighted by molar-refractivity contribution is 6.21. The van der Waals surface area contributed by atoms with Crippen molar-refractivity contribution in [2.75, 3.05) is 0 Å². The zero-order valence-electron chi connectivity index (χ0n) is 8.71. The number of aliphatic carboxylic acids is 1. The second-order valence-corrected chi connectivity index (χ2v) is 3.40. The van der Waals surface area contributed by atoms with E-state index in [0.717, 1.165) is 0 Å². The number of hydrogen-bond acceptors (Lipinski definition) is 4. The number of carbonyl (C=O) groups excluding carboxylic acids is 2. The summed E-state index contributed by atoms with van der Waals surface area (Å²) in [6, 6.07) is 0. The number of amides is 3. The van der Waals surface area contributed by atoms with Crippen LogP contribution in [0.1, 0.15) is 0 Å². The Balaban J connectivity index is 2.60. The number of carbonyl (C=O) groups is 4. The minimum absolute atomic E-state index is 0.169. The average Bonchev–Trinajstić information content (AvgIpc) is 2.82. The number of carboxylic acids is 1. The minimum atomic E-state index is -1.61. The summed E-state index contributed by atoms with van der Waals surface area (Å²) in [5.74, 6) is -3.20. The molecule has 0 bridgehead atoms. The first kappa shape index (κ1) is 11.6. The summed E-state index contributed by atoms with van der Waals surface area (Å²) in [4.78, 5) is 45.1. The summed E-state index contributed by atoms with van der Waals surface area (Å²) in [6.45, 7) is 0. The highest BCUT2D eigenvalue weighted by Gasteiger charge is 2.39. The summed E-state index contributed by atoms with van der Waals surface area (Å²) in [5.41, 5.74) is -1.13. The molecule has 0 aromatic rings. The summed E-state index contributed by atoms with van der Waals surface area (Å²) in [6.07, 6.45) is 1.52. The van der Waals surface area contributed by atoms with Crippen molar-refractivity contribution < 1.29 is 29.4 Å². The van der Waals surface area contributed by atoms with Gasteiger partial charge in [0, 0.05) is 12.4 Å². The number of rotatable bonds is 1. The molecule has 18 heavy (non-hydrogen) atoms. The van der Waals surface area contributed by atoms with Gasteiger partial charge in [-0.25, -0.2) is 14.5 Å². The molecule has 0 saturated carbocycles. The van der Waals surface area contributed by atoms with E-state index in [2.05, 4.69) is 5.32 Å². The number of hydrogen-bond donors (Lipinski definition) is 3. The van der Waals surface area contributed by atoms with Crippen molar-refractivity contribution in [2.24, 2.45) is 0 Å². The molecule has 8 nitrogen and oxygen atoms in total. The van der Waals surface area contributed by atoms with Gasteiger partial charge < -0.3 is 15.5 Å². The van der Waals surface area contributed by atoms with Gasteiger partial charge in [-0.1, -0.05) is 0 Å². The Morgan fingerprint density at radius 2 is 1.89 bits per heavy atom. The molecule has 2 rings (SSSR count). The summed E-state index contributed by atoms with van der Waals surface area (Å²) in [7, 11) is 0. The van der Waals surface area contributed by atoms with E-state index in [1.807, 2.05) is 0 Å². The summed E-state index contributed by atoms with van der Waals surface area (Å²) < 4.78 is 0. The SMILES string of the molecule is O=C(O)C1=CN(C(=O)O)C(=O)C1=C1C=CNC1=O. The van der Waals surface area contributed by atoms with Crippen molar-refractivity contribution in [1.82, 2.24) is 10.2 Å². The average molecular weight is 250 g/mol. The largest absolute Gasteiger partial charge is 0.478 e. The highest BCUT2D eigenvalue weighted by atomic mass is 16.4. The molecule has 0 unspecified atom stereocenters. The molecule has 0 atom stereocenters. The quantitative estimate of drug-likeness (QED) is 0.534. The maximum absolute atomic E-state index is 11.8. The maximum atomic E-state index is 11.8. The van der Waals surface area contributed by atoms with Crippen LogP contribution in [0.25, 0.3) is 0 Å². The first-order valence-electron chi connectivity index (χ1n) is 4.67. The van der Waals surface area contributed by atoms with E-state index < -0.39 is 35.0 Å². The Morgan fingerprint density at radius 3 is 2.33 bits per heavy atom. The van der Waals surface area contributed by atoms with Gasteiger partial charge in [0.25, 0.3) is 11.8 Å². The second-order valence-electron chi connectivity index (χ2n) is 3.40. The van der Waals surface area contributed by atoms with Crippen LogP contribution < -0.4 is 5.32 Å². The van der Waals surface area contributed by atoms with Crippen LogP contribution in [-0.4, -0.2) is 39.0 Å². The van der Waals surface area contributed by atoms with Crippen LogP contribution in [0.3, 0.4) is 0 Å². The van der Waals surface area contributed by atoms with Gasteiger partial charge in [0.05, 0.1) is 16.7 Å². The van der Waals surface area contributed by atoms with Crippen LogP contribution in [0.4, 0.5) is 4.79 Å². The van der Waals surface area contributed by atoms with E-state index >= 15 is 0 Å². The van der Waals surface area contributed by atoms with Crippen LogP contribution in [0.15, 0.2) is 35.2 Å². The predicted molar refractivity (Wildman–Crippen MR) is 54.9 cm³/mol. The van der Waals surface area contributed by atoms with E-state index in [1.165, 1.54) is 12.3 Å². The van der Waals surface area contributed by atoms with E-state index in [1.54, 1.807) is 0 Å². The topological polar surface area (TPSA) is 124 Å². The lowest BCUT2D eigenvalue weighted by Crippen LogP contribution is -2.28. The minimum Gasteiger partial charge on any atom is -0.478 e. The standard InChI is InChI=1S/C10H6N2O6/c13-7-4(1-2-11-7)6-5(9(15)16)3-12(8(6)14)10(17)18/h1-3H,(H,11,13)(H,15,16)(H,17,18). The van der Waals surface area contributed by atoms with Crippen molar-refractivity contribution in [1.29, 1.82) is 0 Å². The fraction of sp³-hybridized carbons (Fsp3) is 0. The van der Waals surface area contributed by atoms with Gasteiger partial charge in [0.2, 0.25) is 0 Å². The lowest BCUT2D eigenvalue weighted by atomic mass is 10.0. The third-order valence-corrected chi connectivity index (χ3v) is 2.38. The van der Waals surface area contributed by atoms with Crippen molar-refractivity contribution in [3.63, 3.8) is 0 Å². The van der Waals surface area contributed by atoms with Crippen molar-refractivity contribution in [2.45, 2.75) is 0 Å². The number of nitrogens with one attached hydrogen (secondary N) is 1. The predicted octanol–water partition coefficient (Wildman–Crippen LogP) is -0.585. The van der Waals surface area contributed by atoms with Gasteiger partial charge in [0.15, 0.2) is 0 Å². The molecular weight excluding hydrogens is 244 g/mol. The molecule has 0 fully saturated rings. The fourth-order valence-electron chi connectivity index (χ4n) is 1.60. The fourth-order valence-corrected chi connectivity index (χ4v) is 1.60. The Morgan fingerprint density at radius 1 is 1.22 bits per heavy atom. The molecule has 8 heteroatoms. The normalized spacial score (nSPS) is 22.2. The van der Waals surface area contributed by atoms with Crippen LogP contribution in [0.5, 0.6) is 0 Å². The zero-order chi connectivity index (χ0) is 13.4. The van der Waals surface area contributed by atoms with Crippen LogP contribution in [0, 0.1) is 0 Å². The number of nitrogens with zero attached hydrogens (tertiary/aromatic N) is 1. The molecule has 0 radical (unpaired) electrons. The number of imide groups is 1. The third kappa shape index (κ3) is 1.56. The van der Waals surface area contributed by atoms with Gasteiger partial charge in [-0.3, -0.25) is 9.59 Å². The first-order valence-corrected chi connectivity index (χ1v) is 4.67. The molecule has 0 aliphatic carbocycles. The van der Waals surface area contributed by atoms with Crippen LogP contribution in [0.2, 0.25) is 0 Å². The zero-order valence-corrected chi connectivity index (χ0v) is 8.71. The summed E-state index contributed by atoms with van der Waals surface area (Å²) in [5, 5.41) is 19.9. The van der Waals surface area contributed by atoms with Crippen molar-refractivity contribution >= 4 is 23.9 Å². The van der Waals surface area contributed by atoms with E-state index in [0.29, 0.717) is 6.20 Å². The molecule has 3 N–H and O–H groups in total. The smallest absolute Gasteiger partial charge is 0.418 e. The third-order valence-electron chi connectivity index (χ3n) is 2.38. The number of carboxylic acid groups (broad SMARTS) is 2. The van der Waals surface area contributed by atoms with Crippen LogP contribution in [-0.2, 0) is 14.4 Å². The Kier molecular flexibility index (Phi) is 2.47. The van der Waals surface area contributed by atoms with E-state index in [4.69, 9.17) is 10.2 Å². The van der Waals surface area contributed by atoms with Gasteiger partial charge in [-0.15, -0.1) is 0 Å². The van der Waals surface area contributed by atoms with Gasteiger partial charge in [-0.2, -0.15) is 0 Å². The Hall–Kier alpha value is -2.90. The molecule has 0 aromatic carbocycles.